The Kier molecular flexibility index (Phi) is 5.99. The van der Waals surface area contributed by atoms with Gasteiger partial charge in [0, 0.05) is 38.9 Å². The van der Waals surface area contributed by atoms with Crippen LogP contribution in [0.1, 0.15) is 24.8 Å². The number of carbonyl (C=O) groups is 2. The van der Waals surface area contributed by atoms with Crippen molar-refractivity contribution in [2.45, 2.75) is 37.9 Å². The first-order chi connectivity index (χ1) is 12.1. The van der Waals surface area contributed by atoms with Crippen molar-refractivity contribution < 1.29 is 18.7 Å². The number of rotatable bonds is 5. The van der Waals surface area contributed by atoms with Crippen molar-refractivity contribution in [3.05, 3.63) is 35.6 Å². The van der Waals surface area contributed by atoms with Gasteiger partial charge in [0.25, 0.3) is 0 Å². The summed E-state index contributed by atoms with van der Waals surface area (Å²) in [7, 11) is 0. The highest BCUT2D eigenvalue weighted by Crippen LogP contribution is 2.15. The normalized spacial score (nSPS) is 22.4. The average Bonchev–Trinajstić information content (AvgIpc) is 2.59. The molecule has 3 rings (SSSR count). The fourth-order valence-electron chi connectivity index (χ4n) is 3.35. The van der Waals surface area contributed by atoms with Gasteiger partial charge < -0.3 is 15.4 Å². The van der Waals surface area contributed by atoms with E-state index in [-0.39, 0.29) is 30.1 Å². The summed E-state index contributed by atoms with van der Waals surface area (Å²) in [5.41, 5.74) is 0.796. The third-order valence-corrected chi connectivity index (χ3v) is 4.68. The maximum atomic E-state index is 13.4. The molecule has 2 saturated heterocycles. The zero-order chi connectivity index (χ0) is 17.6. The van der Waals surface area contributed by atoms with Gasteiger partial charge in [0.2, 0.25) is 11.8 Å². The Morgan fingerprint density at radius 2 is 2.16 bits per heavy atom. The molecule has 1 aromatic carbocycles. The highest BCUT2D eigenvalue weighted by atomic mass is 19.1. The number of carbonyl (C=O) groups excluding carboxylic acids is 2. The number of nitrogens with zero attached hydrogens (tertiary/aromatic N) is 1. The van der Waals surface area contributed by atoms with Crippen LogP contribution in [0.15, 0.2) is 24.3 Å². The molecule has 25 heavy (non-hydrogen) atoms. The van der Waals surface area contributed by atoms with Crippen molar-refractivity contribution in [3.8, 4) is 0 Å². The molecule has 136 valence electrons. The third kappa shape index (κ3) is 4.99. The molecule has 1 atom stereocenters. The van der Waals surface area contributed by atoms with Crippen LogP contribution in [0.5, 0.6) is 0 Å². The molecule has 2 amide bonds. The molecule has 0 aromatic heterocycles. The molecule has 0 radical (unpaired) electrons. The topological polar surface area (TPSA) is 70.7 Å². The van der Waals surface area contributed by atoms with Gasteiger partial charge in [0.1, 0.15) is 5.82 Å². The molecule has 2 N–H and O–H groups in total. The standard InChI is InChI=1S/C18H24FN3O3/c19-14-3-1-2-13(10-14)12-22-7-6-20-18(24)16(22)11-17(23)21-15-4-8-25-9-5-15/h1-3,10,15-16H,4-9,11-12H2,(H,20,24)(H,21,23)/t16-/m1/s1. The zero-order valence-electron chi connectivity index (χ0n) is 14.2. The largest absolute Gasteiger partial charge is 0.381 e. The number of amides is 2. The van der Waals surface area contributed by atoms with E-state index in [2.05, 4.69) is 10.6 Å². The smallest absolute Gasteiger partial charge is 0.237 e. The summed E-state index contributed by atoms with van der Waals surface area (Å²) in [4.78, 5) is 26.6. The molecule has 2 fully saturated rings. The molecular weight excluding hydrogens is 325 g/mol. The van der Waals surface area contributed by atoms with E-state index in [0.29, 0.717) is 32.8 Å². The van der Waals surface area contributed by atoms with Gasteiger partial charge in [0.15, 0.2) is 0 Å². The minimum atomic E-state index is -0.531. The zero-order valence-corrected chi connectivity index (χ0v) is 14.2. The lowest BCUT2D eigenvalue weighted by Gasteiger charge is -2.35. The van der Waals surface area contributed by atoms with E-state index >= 15 is 0 Å². The Morgan fingerprint density at radius 1 is 1.36 bits per heavy atom. The maximum Gasteiger partial charge on any atom is 0.237 e. The van der Waals surface area contributed by atoms with E-state index in [0.717, 1.165) is 18.4 Å². The number of hydrogen-bond acceptors (Lipinski definition) is 4. The molecule has 0 saturated carbocycles. The summed E-state index contributed by atoms with van der Waals surface area (Å²) in [6, 6.07) is 5.93. The molecule has 2 aliphatic rings. The number of nitrogens with one attached hydrogen (secondary N) is 2. The SMILES string of the molecule is O=C(C[C@@H]1C(=O)NCCN1Cc1cccc(F)c1)NC1CCOCC1. The number of halogens is 1. The molecule has 6 nitrogen and oxygen atoms in total. The van der Waals surface area contributed by atoms with Gasteiger partial charge in [-0.25, -0.2) is 4.39 Å². The lowest BCUT2D eigenvalue weighted by atomic mass is 10.0. The predicted molar refractivity (Wildman–Crippen MR) is 90.2 cm³/mol. The summed E-state index contributed by atoms with van der Waals surface area (Å²) in [5.74, 6) is -0.573. The second kappa shape index (κ2) is 8.40. The number of benzene rings is 1. The first-order valence-corrected chi connectivity index (χ1v) is 8.75. The summed E-state index contributed by atoms with van der Waals surface area (Å²) in [5, 5.41) is 5.81. The van der Waals surface area contributed by atoms with Gasteiger partial charge in [0.05, 0.1) is 12.5 Å². The summed E-state index contributed by atoms with van der Waals surface area (Å²) in [6.45, 7) is 2.92. The monoisotopic (exact) mass is 349 g/mol. The molecule has 1 aromatic rings. The van der Waals surface area contributed by atoms with Crippen LogP contribution in [0.2, 0.25) is 0 Å². The molecule has 0 aliphatic carbocycles. The average molecular weight is 349 g/mol. The summed E-state index contributed by atoms with van der Waals surface area (Å²) >= 11 is 0. The highest BCUT2D eigenvalue weighted by Gasteiger charge is 2.32. The van der Waals surface area contributed by atoms with Gasteiger partial charge in [-0.05, 0) is 30.5 Å². The molecule has 0 unspecified atom stereocenters. The Balaban J connectivity index is 1.61. The fourth-order valence-corrected chi connectivity index (χ4v) is 3.35. The second-order valence-electron chi connectivity index (χ2n) is 6.57. The predicted octanol–water partition coefficient (Wildman–Crippen LogP) is 0.811. The number of ether oxygens (including phenoxy) is 1. The first-order valence-electron chi connectivity index (χ1n) is 8.75. The summed E-state index contributed by atoms with van der Waals surface area (Å²) in [6.07, 6.45) is 1.71. The van der Waals surface area contributed by atoms with Gasteiger partial charge in [-0.15, -0.1) is 0 Å². The third-order valence-electron chi connectivity index (χ3n) is 4.68. The van der Waals surface area contributed by atoms with Crippen molar-refractivity contribution in [1.82, 2.24) is 15.5 Å². The maximum absolute atomic E-state index is 13.4. The molecule has 0 spiro atoms. The Morgan fingerprint density at radius 3 is 2.92 bits per heavy atom. The Labute approximate surface area is 146 Å². The molecule has 2 aliphatic heterocycles. The van der Waals surface area contributed by atoms with Gasteiger partial charge in [-0.2, -0.15) is 0 Å². The molecule has 2 heterocycles. The Bertz CT molecular complexity index is 619. The van der Waals surface area contributed by atoms with Crippen LogP contribution in [0.25, 0.3) is 0 Å². The molecular formula is C18H24FN3O3. The van der Waals surface area contributed by atoms with E-state index < -0.39 is 6.04 Å². The minimum absolute atomic E-state index is 0.110. The van der Waals surface area contributed by atoms with Crippen molar-refractivity contribution in [1.29, 1.82) is 0 Å². The van der Waals surface area contributed by atoms with E-state index in [9.17, 15) is 14.0 Å². The van der Waals surface area contributed by atoms with Crippen LogP contribution in [-0.4, -0.2) is 55.1 Å². The van der Waals surface area contributed by atoms with Crippen LogP contribution in [0, 0.1) is 5.82 Å². The van der Waals surface area contributed by atoms with Gasteiger partial charge >= 0.3 is 0 Å². The number of piperazine rings is 1. The van der Waals surface area contributed by atoms with Crippen LogP contribution in [0.3, 0.4) is 0 Å². The van der Waals surface area contributed by atoms with Gasteiger partial charge in [-0.1, -0.05) is 12.1 Å². The number of hydrogen-bond donors (Lipinski definition) is 2. The Hall–Kier alpha value is -1.99. The summed E-state index contributed by atoms with van der Waals surface area (Å²) < 4.78 is 18.7. The lowest BCUT2D eigenvalue weighted by Crippen LogP contribution is -2.56. The second-order valence-corrected chi connectivity index (χ2v) is 6.57. The van der Waals surface area contributed by atoms with Crippen molar-refractivity contribution in [2.24, 2.45) is 0 Å². The van der Waals surface area contributed by atoms with E-state index in [1.54, 1.807) is 6.07 Å². The van der Waals surface area contributed by atoms with Crippen LogP contribution < -0.4 is 10.6 Å². The van der Waals surface area contributed by atoms with Crippen LogP contribution in [-0.2, 0) is 20.9 Å². The quantitative estimate of drug-likeness (QED) is 0.825. The van der Waals surface area contributed by atoms with Crippen LogP contribution >= 0.6 is 0 Å². The minimum Gasteiger partial charge on any atom is -0.381 e. The van der Waals surface area contributed by atoms with E-state index in [1.807, 2.05) is 11.0 Å². The fraction of sp³-hybridized carbons (Fsp3) is 0.556. The van der Waals surface area contributed by atoms with Crippen molar-refractivity contribution >= 4 is 11.8 Å². The molecule has 0 bridgehead atoms. The highest BCUT2D eigenvalue weighted by molar-refractivity contribution is 5.88. The van der Waals surface area contributed by atoms with Gasteiger partial charge in [-0.3, -0.25) is 14.5 Å². The van der Waals surface area contributed by atoms with Crippen molar-refractivity contribution in [3.63, 3.8) is 0 Å². The molecule has 7 heteroatoms. The lowest BCUT2D eigenvalue weighted by molar-refractivity contribution is -0.134. The van der Waals surface area contributed by atoms with E-state index in [1.165, 1.54) is 12.1 Å². The first kappa shape index (κ1) is 17.8. The van der Waals surface area contributed by atoms with Crippen molar-refractivity contribution in [2.75, 3.05) is 26.3 Å². The van der Waals surface area contributed by atoms with Crippen LogP contribution in [0.4, 0.5) is 4.39 Å². The van der Waals surface area contributed by atoms with E-state index in [4.69, 9.17) is 4.74 Å².